The number of fused-ring (bicyclic) bond motifs is 1. The van der Waals surface area contributed by atoms with Gasteiger partial charge in [0.25, 0.3) is 0 Å². The first kappa shape index (κ1) is 26.8. The number of rotatable bonds is 12. The molecule has 4 rings (SSSR count). The van der Waals surface area contributed by atoms with Crippen molar-refractivity contribution >= 4 is 23.0 Å². The number of hydrogen-bond donors (Lipinski definition) is 1. The number of nitrogens with zero attached hydrogens (tertiary/aromatic N) is 2. The second-order valence-electron chi connectivity index (χ2n) is 9.04. The van der Waals surface area contributed by atoms with Gasteiger partial charge in [0.2, 0.25) is 5.91 Å². The molecule has 7 heteroatoms. The average molecular weight is 514 g/mol. The summed E-state index contributed by atoms with van der Waals surface area (Å²) in [4.78, 5) is 17.7. The second kappa shape index (κ2) is 12.8. The molecule has 1 N–H and O–H groups in total. The highest BCUT2D eigenvalue weighted by atomic mass is 16.5. The fourth-order valence-electron chi connectivity index (χ4n) is 4.45. The molecule has 0 bridgehead atoms. The van der Waals surface area contributed by atoms with Crippen molar-refractivity contribution in [3.05, 3.63) is 89.8 Å². The van der Waals surface area contributed by atoms with Gasteiger partial charge < -0.3 is 24.1 Å². The van der Waals surface area contributed by atoms with E-state index in [-0.39, 0.29) is 18.4 Å². The zero-order valence-corrected chi connectivity index (χ0v) is 22.4. The number of ether oxygens (including phenoxy) is 3. The van der Waals surface area contributed by atoms with E-state index < -0.39 is 0 Å². The number of para-hydroxylation sites is 2. The zero-order valence-electron chi connectivity index (χ0n) is 22.4. The molecule has 0 fully saturated rings. The highest BCUT2D eigenvalue weighted by Crippen LogP contribution is 2.29. The number of methoxy groups -OCH3 is 2. The van der Waals surface area contributed by atoms with Gasteiger partial charge in [-0.25, -0.2) is 4.98 Å². The van der Waals surface area contributed by atoms with Gasteiger partial charge in [0.1, 0.15) is 11.6 Å². The standard InChI is InChI=1S/C31H35N3O4/c1-5-9-23-14-17-28(29(20-23)37-4)38-19-8-18-34-27-11-7-6-10-26(27)33-31(34)22(2)32-30(35)21-24-12-15-25(36-3)16-13-24/h5-7,9-17,20,22H,8,18-19,21H2,1-4H3,(H,32,35)/b9-5+. The van der Waals surface area contributed by atoms with Crippen LogP contribution in [0.15, 0.2) is 72.8 Å². The van der Waals surface area contributed by atoms with Crippen molar-refractivity contribution in [3.63, 3.8) is 0 Å². The third-order valence-corrected chi connectivity index (χ3v) is 6.30. The molecule has 0 saturated carbocycles. The Bertz CT molecular complexity index is 1390. The lowest BCUT2D eigenvalue weighted by Crippen LogP contribution is -2.30. The van der Waals surface area contributed by atoms with Gasteiger partial charge in [-0.1, -0.05) is 42.5 Å². The largest absolute Gasteiger partial charge is 0.497 e. The molecule has 1 amide bonds. The van der Waals surface area contributed by atoms with Gasteiger partial charge in [-0.15, -0.1) is 0 Å². The van der Waals surface area contributed by atoms with Crippen LogP contribution in [0.1, 0.15) is 43.3 Å². The number of amides is 1. The maximum Gasteiger partial charge on any atom is 0.224 e. The Morgan fingerprint density at radius 3 is 2.55 bits per heavy atom. The van der Waals surface area contributed by atoms with Crippen molar-refractivity contribution in [2.45, 2.75) is 39.3 Å². The third-order valence-electron chi connectivity index (χ3n) is 6.30. The summed E-state index contributed by atoms with van der Waals surface area (Å²) in [6, 6.07) is 21.2. The molecule has 198 valence electrons. The first-order valence-corrected chi connectivity index (χ1v) is 12.8. The topological polar surface area (TPSA) is 74.6 Å². The van der Waals surface area contributed by atoms with Gasteiger partial charge in [0.15, 0.2) is 11.5 Å². The predicted molar refractivity (Wildman–Crippen MR) is 151 cm³/mol. The highest BCUT2D eigenvalue weighted by Gasteiger charge is 2.18. The number of carbonyl (C=O) groups is 1. The molecular formula is C31H35N3O4. The molecule has 4 aromatic rings. The Kier molecular flexibility index (Phi) is 9.03. The Labute approximate surface area is 224 Å². The van der Waals surface area contributed by atoms with Crippen LogP contribution in [0.5, 0.6) is 17.2 Å². The predicted octanol–water partition coefficient (Wildman–Crippen LogP) is 5.98. The molecule has 3 aromatic carbocycles. The minimum atomic E-state index is -0.256. The summed E-state index contributed by atoms with van der Waals surface area (Å²) in [5.41, 5.74) is 3.93. The molecule has 1 aromatic heterocycles. The van der Waals surface area contributed by atoms with Crippen molar-refractivity contribution in [2.24, 2.45) is 0 Å². The van der Waals surface area contributed by atoms with Gasteiger partial charge in [-0.2, -0.15) is 0 Å². The molecule has 1 heterocycles. The summed E-state index contributed by atoms with van der Waals surface area (Å²) < 4.78 is 18.9. The van der Waals surface area contributed by atoms with Crippen LogP contribution in [-0.2, 0) is 17.8 Å². The molecule has 38 heavy (non-hydrogen) atoms. The van der Waals surface area contributed by atoms with E-state index in [9.17, 15) is 4.79 Å². The Balaban J connectivity index is 1.42. The highest BCUT2D eigenvalue weighted by molar-refractivity contribution is 5.79. The molecule has 0 aliphatic rings. The van der Waals surface area contributed by atoms with E-state index in [0.29, 0.717) is 18.9 Å². The maximum atomic E-state index is 12.8. The van der Waals surface area contributed by atoms with Crippen molar-refractivity contribution in [3.8, 4) is 17.2 Å². The van der Waals surface area contributed by atoms with Crippen molar-refractivity contribution < 1.29 is 19.0 Å². The summed E-state index contributed by atoms with van der Waals surface area (Å²) >= 11 is 0. The molecule has 0 aliphatic heterocycles. The fraction of sp³-hybridized carbons (Fsp3) is 0.290. The minimum absolute atomic E-state index is 0.0573. The fourth-order valence-corrected chi connectivity index (χ4v) is 4.45. The van der Waals surface area contributed by atoms with Gasteiger partial charge in [-0.05, 0) is 67.8 Å². The van der Waals surface area contributed by atoms with Crippen LogP contribution in [0.3, 0.4) is 0 Å². The van der Waals surface area contributed by atoms with E-state index in [0.717, 1.165) is 45.9 Å². The van der Waals surface area contributed by atoms with Crippen LogP contribution in [0.2, 0.25) is 0 Å². The number of imidazole rings is 1. The van der Waals surface area contributed by atoms with Crippen LogP contribution in [0.4, 0.5) is 0 Å². The Morgan fingerprint density at radius 2 is 1.82 bits per heavy atom. The number of carbonyl (C=O) groups excluding carboxylic acids is 1. The smallest absolute Gasteiger partial charge is 0.224 e. The molecule has 1 unspecified atom stereocenters. The van der Waals surface area contributed by atoms with Crippen LogP contribution in [0.25, 0.3) is 17.1 Å². The normalized spacial score (nSPS) is 12.0. The third kappa shape index (κ3) is 6.54. The Hall–Kier alpha value is -4.26. The molecule has 0 spiro atoms. The molecular weight excluding hydrogens is 478 g/mol. The molecule has 0 aliphatic carbocycles. The lowest BCUT2D eigenvalue weighted by Gasteiger charge is -2.17. The van der Waals surface area contributed by atoms with E-state index in [1.807, 2.05) is 86.7 Å². The van der Waals surface area contributed by atoms with E-state index in [2.05, 4.69) is 16.0 Å². The molecule has 0 saturated heterocycles. The number of aromatic nitrogens is 2. The van der Waals surface area contributed by atoms with Crippen LogP contribution < -0.4 is 19.5 Å². The Morgan fingerprint density at radius 1 is 1.03 bits per heavy atom. The van der Waals surface area contributed by atoms with Crippen LogP contribution in [-0.4, -0.2) is 36.3 Å². The first-order valence-electron chi connectivity index (χ1n) is 12.8. The minimum Gasteiger partial charge on any atom is -0.497 e. The summed E-state index contributed by atoms with van der Waals surface area (Å²) in [6.07, 6.45) is 5.07. The monoisotopic (exact) mass is 513 g/mol. The molecule has 1 atom stereocenters. The van der Waals surface area contributed by atoms with Crippen molar-refractivity contribution in [1.82, 2.24) is 14.9 Å². The van der Waals surface area contributed by atoms with Crippen LogP contribution in [0, 0.1) is 0 Å². The zero-order chi connectivity index (χ0) is 26.9. The van der Waals surface area contributed by atoms with E-state index >= 15 is 0 Å². The summed E-state index contributed by atoms with van der Waals surface area (Å²) in [5, 5.41) is 3.11. The molecule has 7 nitrogen and oxygen atoms in total. The quantitative estimate of drug-likeness (QED) is 0.236. The second-order valence-corrected chi connectivity index (χ2v) is 9.04. The van der Waals surface area contributed by atoms with E-state index in [1.54, 1.807) is 14.2 Å². The lowest BCUT2D eigenvalue weighted by atomic mass is 10.1. The first-order chi connectivity index (χ1) is 18.5. The number of nitrogens with one attached hydrogen (secondary N) is 1. The lowest BCUT2D eigenvalue weighted by molar-refractivity contribution is -0.121. The number of allylic oxidation sites excluding steroid dienone is 1. The molecule has 0 radical (unpaired) electrons. The van der Waals surface area contributed by atoms with Crippen molar-refractivity contribution in [2.75, 3.05) is 20.8 Å². The average Bonchev–Trinajstić information content (AvgIpc) is 3.31. The summed E-state index contributed by atoms with van der Waals surface area (Å²) in [7, 11) is 3.27. The number of benzene rings is 3. The van der Waals surface area contributed by atoms with Crippen LogP contribution >= 0.6 is 0 Å². The SMILES string of the molecule is C/C=C/c1ccc(OCCCn2c(C(C)NC(=O)Cc3ccc(OC)cc3)nc3ccccc32)c(OC)c1. The summed E-state index contributed by atoms with van der Waals surface area (Å²) in [6.45, 7) is 5.17. The summed E-state index contributed by atoms with van der Waals surface area (Å²) in [5.74, 6) is 2.96. The van der Waals surface area contributed by atoms with Gasteiger partial charge in [0, 0.05) is 6.54 Å². The van der Waals surface area contributed by atoms with E-state index in [4.69, 9.17) is 19.2 Å². The van der Waals surface area contributed by atoms with E-state index in [1.165, 1.54) is 0 Å². The number of hydrogen-bond acceptors (Lipinski definition) is 5. The van der Waals surface area contributed by atoms with Gasteiger partial charge in [-0.3, -0.25) is 4.79 Å². The van der Waals surface area contributed by atoms with Crippen molar-refractivity contribution in [1.29, 1.82) is 0 Å². The number of aryl methyl sites for hydroxylation is 1. The van der Waals surface area contributed by atoms with Gasteiger partial charge in [0.05, 0.1) is 44.3 Å². The maximum absolute atomic E-state index is 12.8. The van der Waals surface area contributed by atoms with Gasteiger partial charge >= 0.3 is 0 Å².